The van der Waals surface area contributed by atoms with Crippen LogP contribution in [0, 0.1) is 0 Å². The number of ether oxygens (including phenoxy) is 2. The summed E-state index contributed by atoms with van der Waals surface area (Å²) in [6.07, 6.45) is 1.49. The van der Waals surface area contributed by atoms with Crippen molar-refractivity contribution in [2.45, 2.75) is 11.4 Å². The van der Waals surface area contributed by atoms with Crippen LogP contribution in [0.4, 0.5) is 0 Å². The van der Waals surface area contributed by atoms with Crippen molar-refractivity contribution in [2.24, 2.45) is 0 Å². The second-order valence-corrected chi connectivity index (χ2v) is 5.98. The van der Waals surface area contributed by atoms with Gasteiger partial charge in [-0.2, -0.15) is 0 Å². The van der Waals surface area contributed by atoms with E-state index in [0.717, 1.165) is 0 Å². The maximum atomic E-state index is 12.2. The van der Waals surface area contributed by atoms with Crippen molar-refractivity contribution in [3.05, 3.63) is 42.4 Å². The van der Waals surface area contributed by atoms with Crippen LogP contribution in [0.5, 0.6) is 11.5 Å². The number of furan rings is 1. The van der Waals surface area contributed by atoms with E-state index in [0.29, 0.717) is 30.5 Å². The van der Waals surface area contributed by atoms with Crippen molar-refractivity contribution in [3.8, 4) is 11.5 Å². The molecular formula is C13H13NO5S. The van der Waals surface area contributed by atoms with Crippen LogP contribution in [0.15, 0.2) is 45.9 Å². The maximum Gasteiger partial charge on any atom is 0.241 e. The summed E-state index contributed by atoms with van der Waals surface area (Å²) in [6, 6.07) is 7.94. The van der Waals surface area contributed by atoms with Gasteiger partial charge in [0.1, 0.15) is 19.0 Å². The number of fused-ring (bicyclic) bond motifs is 1. The monoisotopic (exact) mass is 295 g/mol. The second-order valence-electron chi connectivity index (χ2n) is 4.21. The molecule has 1 aliphatic heterocycles. The van der Waals surface area contributed by atoms with Gasteiger partial charge in [0.05, 0.1) is 17.7 Å². The Hall–Kier alpha value is -1.99. The van der Waals surface area contributed by atoms with E-state index < -0.39 is 10.0 Å². The minimum Gasteiger partial charge on any atom is -0.486 e. The summed E-state index contributed by atoms with van der Waals surface area (Å²) in [6.45, 7) is 0.982. The zero-order chi connectivity index (χ0) is 14.0. The fourth-order valence-corrected chi connectivity index (χ4v) is 2.86. The molecule has 1 N–H and O–H groups in total. The number of hydrogen-bond acceptors (Lipinski definition) is 5. The van der Waals surface area contributed by atoms with Crippen LogP contribution in [-0.4, -0.2) is 21.6 Å². The first-order chi connectivity index (χ1) is 9.65. The molecule has 2 aromatic rings. The van der Waals surface area contributed by atoms with Crippen LogP contribution in [0.2, 0.25) is 0 Å². The molecule has 0 bridgehead atoms. The fraction of sp³-hybridized carbons (Fsp3) is 0.231. The number of rotatable bonds is 4. The third-order valence-electron chi connectivity index (χ3n) is 2.84. The van der Waals surface area contributed by atoms with E-state index in [1.807, 2.05) is 0 Å². The minimum absolute atomic E-state index is 0.101. The smallest absolute Gasteiger partial charge is 0.241 e. The van der Waals surface area contributed by atoms with Crippen LogP contribution in [0.3, 0.4) is 0 Å². The predicted octanol–water partition coefficient (Wildman–Crippen LogP) is 1.53. The van der Waals surface area contributed by atoms with E-state index in [1.165, 1.54) is 18.4 Å². The molecule has 0 saturated heterocycles. The summed E-state index contributed by atoms with van der Waals surface area (Å²) >= 11 is 0. The van der Waals surface area contributed by atoms with Gasteiger partial charge in [-0.3, -0.25) is 0 Å². The molecule has 2 heterocycles. The molecule has 0 aliphatic carbocycles. The predicted molar refractivity (Wildman–Crippen MR) is 70.2 cm³/mol. The lowest BCUT2D eigenvalue weighted by Crippen LogP contribution is -2.23. The molecule has 6 nitrogen and oxygen atoms in total. The average molecular weight is 295 g/mol. The Kier molecular flexibility index (Phi) is 3.37. The van der Waals surface area contributed by atoms with Crippen LogP contribution in [0.1, 0.15) is 5.76 Å². The van der Waals surface area contributed by atoms with E-state index in [-0.39, 0.29) is 11.4 Å². The molecule has 106 valence electrons. The first-order valence-electron chi connectivity index (χ1n) is 6.07. The summed E-state index contributed by atoms with van der Waals surface area (Å²) in [4.78, 5) is 0.133. The van der Waals surface area contributed by atoms with Crippen molar-refractivity contribution in [2.75, 3.05) is 13.2 Å². The minimum atomic E-state index is -3.62. The maximum absolute atomic E-state index is 12.2. The molecule has 1 aromatic carbocycles. The first-order valence-corrected chi connectivity index (χ1v) is 7.55. The van der Waals surface area contributed by atoms with Crippen LogP contribution in [0.25, 0.3) is 0 Å². The van der Waals surface area contributed by atoms with Gasteiger partial charge in [0.25, 0.3) is 0 Å². The van der Waals surface area contributed by atoms with E-state index in [4.69, 9.17) is 13.9 Å². The van der Waals surface area contributed by atoms with Gasteiger partial charge in [-0.15, -0.1) is 0 Å². The highest BCUT2D eigenvalue weighted by Gasteiger charge is 2.19. The molecule has 0 amide bonds. The number of hydrogen-bond donors (Lipinski definition) is 1. The average Bonchev–Trinajstić information content (AvgIpc) is 2.98. The van der Waals surface area contributed by atoms with E-state index in [9.17, 15) is 8.42 Å². The Morgan fingerprint density at radius 1 is 1.10 bits per heavy atom. The molecule has 20 heavy (non-hydrogen) atoms. The summed E-state index contributed by atoms with van der Waals surface area (Å²) in [7, 11) is -3.62. The number of benzene rings is 1. The highest BCUT2D eigenvalue weighted by Crippen LogP contribution is 2.32. The first kappa shape index (κ1) is 13.0. The Labute approximate surface area is 116 Å². The zero-order valence-electron chi connectivity index (χ0n) is 10.5. The number of sulfonamides is 1. The Morgan fingerprint density at radius 2 is 1.90 bits per heavy atom. The molecule has 0 fully saturated rings. The van der Waals surface area contributed by atoms with Gasteiger partial charge in [-0.1, -0.05) is 0 Å². The topological polar surface area (TPSA) is 77.8 Å². The Morgan fingerprint density at radius 3 is 2.65 bits per heavy atom. The largest absolute Gasteiger partial charge is 0.486 e. The van der Waals surface area contributed by atoms with Crippen LogP contribution >= 0.6 is 0 Å². The van der Waals surface area contributed by atoms with Gasteiger partial charge < -0.3 is 13.9 Å². The zero-order valence-corrected chi connectivity index (χ0v) is 11.4. The lowest BCUT2D eigenvalue weighted by molar-refractivity contribution is 0.171. The Balaban J connectivity index is 1.80. The van der Waals surface area contributed by atoms with Gasteiger partial charge in [0, 0.05) is 6.07 Å². The molecule has 1 aromatic heterocycles. The third kappa shape index (κ3) is 2.63. The van der Waals surface area contributed by atoms with Gasteiger partial charge in [-0.05, 0) is 24.3 Å². The van der Waals surface area contributed by atoms with E-state index in [2.05, 4.69) is 4.72 Å². The molecule has 0 unspecified atom stereocenters. The second kappa shape index (κ2) is 5.18. The van der Waals surface area contributed by atoms with Crippen LogP contribution in [-0.2, 0) is 16.6 Å². The molecule has 0 radical (unpaired) electrons. The van der Waals surface area contributed by atoms with Crippen molar-refractivity contribution < 1.29 is 22.3 Å². The van der Waals surface area contributed by atoms with Crippen molar-refractivity contribution in [1.29, 1.82) is 0 Å². The van der Waals surface area contributed by atoms with Crippen molar-refractivity contribution >= 4 is 10.0 Å². The van der Waals surface area contributed by atoms with E-state index in [1.54, 1.807) is 18.2 Å². The fourth-order valence-electron chi connectivity index (χ4n) is 1.85. The van der Waals surface area contributed by atoms with Crippen molar-refractivity contribution in [1.82, 2.24) is 4.72 Å². The molecule has 1 aliphatic rings. The normalized spacial score (nSPS) is 14.2. The van der Waals surface area contributed by atoms with Gasteiger partial charge in [-0.25, -0.2) is 13.1 Å². The summed E-state index contributed by atoms with van der Waals surface area (Å²) < 4.78 is 42.6. The van der Waals surface area contributed by atoms with Crippen molar-refractivity contribution in [3.63, 3.8) is 0 Å². The summed E-state index contributed by atoms with van der Waals surface area (Å²) in [5.74, 6) is 1.55. The Bertz CT molecular complexity index is 694. The molecular weight excluding hydrogens is 282 g/mol. The highest BCUT2D eigenvalue weighted by molar-refractivity contribution is 7.89. The molecule has 0 spiro atoms. The standard InChI is InChI=1S/C13H13NO5S/c15-20(16,14-9-10-2-1-5-17-10)11-3-4-12-13(8-11)19-7-6-18-12/h1-5,8,14H,6-7,9H2. The summed E-state index contributed by atoms with van der Waals surface area (Å²) in [5.41, 5.74) is 0. The van der Waals surface area contributed by atoms with Gasteiger partial charge >= 0.3 is 0 Å². The van der Waals surface area contributed by atoms with Gasteiger partial charge in [0.2, 0.25) is 10.0 Å². The molecule has 0 atom stereocenters. The number of nitrogens with one attached hydrogen (secondary N) is 1. The quantitative estimate of drug-likeness (QED) is 0.925. The lowest BCUT2D eigenvalue weighted by atomic mass is 10.3. The van der Waals surface area contributed by atoms with E-state index >= 15 is 0 Å². The summed E-state index contributed by atoms with van der Waals surface area (Å²) in [5, 5.41) is 0. The SMILES string of the molecule is O=S(=O)(NCc1ccco1)c1ccc2c(c1)OCCO2. The highest BCUT2D eigenvalue weighted by atomic mass is 32.2. The molecule has 7 heteroatoms. The van der Waals surface area contributed by atoms with Gasteiger partial charge in [0.15, 0.2) is 11.5 Å². The lowest BCUT2D eigenvalue weighted by Gasteiger charge is -2.18. The molecule has 3 rings (SSSR count). The third-order valence-corrected chi connectivity index (χ3v) is 4.24. The molecule has 0 saturated carbocycles. The van der Waals surface area contributed by atoms with Crippen LogP contribution < -0.4 is 14.2 Å².